The molecule has 6 nitrogen and oxygen atoms in total. The Morgan fingerprint density at radius 2 is 1.75 bits per heavy atom. The zero-order valence-electron chi connectivity index (χ0n) is 16.7. The van der Waals surface area contributed by atoms with Crippen LogP contribution in [0.15, 0.2) is 47.5 Å². The van der Waals surface area contributed by atoms with Crippen molar-refractivity contribution >= 4 is 5.96 Å². The molecule has 0 saturated heterocycles. The molecule has 3 N–H and O–H groups in total. The molecule has 7 heteroatoms. The molecule has 2 aromatic carbocycles. The highest BCUT2D eigenvalue weighted by Crippen LogP contribution is 2.27. The number of guanidine groups is 1. The Hall–Kier alpha value is -2.80. The van der Waals surface area contributed by atoms with Crippen LogP contribution in [0.5, 0.6) is 11.5 Å². The summed E-state index contributed by atoms with van der Waals surface area (Å²) >= 11 is 0. The Morgan fingerprint density at radius 1 is 1.07 bits per heavy atom. The van der Waals surface area contributed by atoms with Crippen LogP contribution in [0.1, 0.15) is 11.1 Å². The molecule has 0 heterocycles. The first-order valence-corrected chi connectivity index (χ1v) is 9.19. The number of methoxy groups -OCH3 is 2. The molecule has 0 radical (unpaired) electrons. The summed E-state index contributed by atoms with van der Waals surface area (Å²) in [5, 5.41) is 3.12. The maximum absolute atomic E-state index is 12.9. The van der Waals surface area contributed by atoms with E-state index in [9.17, 15) is 4.39 Å². The van der Waals surface area contributed by atoms with E-state index in [1.54, 1.807) is 26.4 Å². The highest BCUT2D eigenvalue weighted by molar-refractivity contribution is 5.77. The van der Waals surface area contributed by atoms with E-state index in [4.69, 9.17) is 15.2 Å². The van der Waals surface area contributed by atoms with Crippen molar-refractivity contribution < 1.29 is 13.9 Å². The van der Waals surface area contributed by atoms with E-state index >= 15 is 0 Å². The molecule has 2 rings (SSSR count). The summed E-state index contributed by atoms with van der Waals surface area (Å²) in [6.45, 7) is 2.76. The van der Waals surface area contributed by atoms with Gasteiger partial charge in [-0.25, -0.2) is 4.39 Å². The average Bonchev–Trinajstić information content (AvgIpc) is 2.69. The predicted octanol–water partition coefficient (Wildman–Crippen LogP) is 2.42. The summed E-state index contributed by atoms with van der Waals surface area (Å²) in [6.07, 6.45) is 0.793. The number of benzene rings is 2. The second-order valence-electron chi connectivity index (χ2n) is 6.50. The first kappa shape index (κ1) is 21.5. The Labute approximate surface area is 166 Å². The molecule has 152 valence electrons. The van der Waals surface area contributed by atoms with Gasteiger partial charge in [-0.2, -0.15) is 0 Å². The normalized spacial score (nSPS) is 11.5. The predicted molar refractivity (Wildman–Crippen MR) is 110 cm³/mol. The van der Waals surface area contributed by atoms with E-state index < -0.39 is 0 Å². The zero-order valence-corrected chi connectivity index (χ0v) is 16.7. The van der Waals surface area contributed by atoms with Crippen LogP contribution in [0.2, 0.25) is 0 Å². The third-order valence-corrected chi connectivity index (χ3v) is 4.30. The fourth-order valence-corrected chi connectivity index (χ4v) is 2.75. The Morgan fingerprint density at radius 3 is 2.43 bits per heavy atom. The third-order valence-electron chi connectivity index (χ3n) is 4.30. The van der Waals surface area contributed by atoms with Crippen LogP contribution >= 0.6 is 0 Å². The summed E-state index contributed by atoms with van der Waals surface area (Å²) < 4.78 is 23.5. The van der Waals surface area contributed by atoms with Gasteiger partial charge < -0.3 is 25.4 Å². The number of nitrogens with zero attached hydrogens (tertiary/aromatic N) is 2. The van der Waals surface area contributed by atoms with Gasteiger partial charge >= 0.3 is 0 Å². The van der Waals surface area contributed by atoms with Gasteiger partial charge in [-0.15, -0.1) is 0 Å². The Kier molecular flexibility index (Phi) is 8.55. The molecule has 0 unspecified atom stereocenters. The lowest BCUT2D eigenvalue weighted by Gasteiger charge is -2.15. The molecule has 0 aliphatic carbocycles. The van der Waals surface area contributed by atoms with Crippen molar-refractivity contribution in [3.8, 4) is 11.5 Å². The quantitative estimate of drug-likeness (QED) is 0.483. The summed E-state index contributed by atoms with van der Waals surface area (Å²) in [4.78, 5) is 6.47. The smallest absolute Gasteiger partial charge is 0.188 e. The van der Waals surface area contributed by atoms with Crippen molar-refractivity contribution in [1.29, 1.82) is 0 Å². The van der Waals surface area contributed by atoms with Crippen LogP contribution in [0.3, 0.4) is 0 Å². The fourth-order valence-electron chi connectivity index (χ4n) is 2.75. The van der Waals surface area contributed by atoms with E-state index in [0.717, 1.165) is 30.6 Å². The number of nitrogens with two attached hydrogens (primary N) is 1. The number of hydrogen-bond acceptors (Lipinski definition) is 4. The molecule has 2 aromatic rings. The largest absolute Gasteiger partial charge is 0.493 e. The number of aliphatic imine (C=N–C) groups is 1. The fraction of sp³-hybridized carbons (Fsp3) is 0.381. The average molecular weight is 388 g/mol. The van der Waals surface area contributed by atoms with Gasteiger partial charge in [0.25, 0.3) is 0 Å². The third kappa shape index (κ3) is 7.08. The second-order valence-corrected chi connectivity index (χ2v) is 6.50. The minimum Gasteiger partial charge on any atom is -0.493 e. The molecule has 0 aromatic heterocycles. The lowest BCUT2D eigenvalue weighted by atomic mass is 10.1. The van der Waals surface area contributed by atoms with Crippen molar-refractivity contribution in [1.82, 2.24) is 10.2 Å². The minimum atomic E-state index is -0.220. The molecule has 0 aliphatic heterocycles. The molecule has 0 spiro atoms. The summed E-state index contributed by atoms with van der Waals surface area (Å²) in [5.74, 6) is 1.63. The van der Waals surface area contributed by atoms with Crippen LogP contribution in [0.25, 0.3) is 0 Å². The van der Waals surface area contributed by atoms with E-state index in [-0.39, 0.29) is 5.82 Å². The molecule has 0 saturated carbocycles. The van der Waals surface area contributed by atoms with Gasteiger partial charge in [-0.1, -0.05) is 18.2 Å². The SMILES string of the molecule is COc1ccc(CCNC(N)=NCCN(C)Cc2ccc(F)cc2)cc1OC. The van der Waals surface area contributed by atoms with Gasteiger partial charge in [0.05, 0.1) is 20.8 Å². The molecule has 0 bridgehead atoms. The van der Waals surface area contributed by atoms with Gasteiger partial charge in [-0.05, 0) is 48.9 Å². The van der Waals surface area contributed by atoms with Crippen LogP contribution in [0, 0.1) is 5.82 Å². The molecule has 0 amide bonds. The van der Waals surface area contributed by atoms with E-state index in [2.05, 4.69) is 15.2 Å². The molecule has 0 atom stereocenters. The van der Waals surface area contributed by atoms with E-state index in [0.29, 0.717) is 30.5 Å². The zero-order chi connectivity index (χ0) is 20.4. The van der Waals surface area contributed by atoms with Crippen LogP contribution in [-0.2, 0) is 13.0 Å². The van der Waals surface area contributed by atoms with Crippen molar-refractivity contribution in [3.63, 3.8) is 0 Å². The van der Waals surface area contributed by atoms with Crippen molar-refractivity contribution in [3.05, 3.63) is 59.4 Å². The lowest BCUT2D eigenvalue weighted by Crippen LogP contribution is -2.34. The van der Waals surface area contributed by atoms with Gasteiger partial charge in [-0.3, -0.25) is 4.99 Å². The van der Waals surface area contributed by atoms with Crippen molar-refractivity contribution in [2.45, 2.75) is 13.0 Å². The second kappa shape index (κ2) is 11.1. The van der Waals surface area contributed by atoms with Crippen LogP contribution in [0.4, 0.5) is 4.39 Å². The maximum Gasteiger partial charge on any atom is 0.188 e. The van der Waals surface area contributed by atoms with Gasteiger partial charge in [0.1, 0.15) is 5.82 Å². The summed E-state index contributed by atoms with van der Waals surface area (Å²) in [5.41, 5.74) is 8.12. The number of ether oxygens (including phenoxy) is 2. The topological polar surface area (TPSA) is 72.1 Å². The van der Waals surface area contributed by atoms with Crippen molar-refractivity contribution in [2.24, 2.45) is 10.7 Å². The highest BCUT2D eigenvalue weighted by atomic mass is 19.1. The Bertz CT molecular complexity index is 766. The van der Waals surface area contributed by atoms with Crippen molar-refractivity contribution in [2.75, 3.05) is 40.9 Å². The standard InChI is InChI=1S/C21H29FN4O2/c1-26(15-17-4-7-18(22)8-5-17)13-12-25-21(23)24-11-10-16-6-9-19(27-2)20(14-16)28-3/h4-9,14H,10-13,15H2,1-3H3,(H3,23,24,25). The number of hydrogen-bond donors (Lipinski definition) is 2. The van der Waals surface area contributed by atoms with E-state index in [1.165, 1.54) is 12.1 Å². The van der Waals surface area contributed by atoms with Gasteiger partial charge in [0.15, 0.2) is 17.5 Å². The number of nitrogens with one attached hydrogen (secondary N) is 1. The van der Waals surface area contributed by atoms with Gasteiger partial charge in [0, 0.05) is 19.6 Å². The lowest BCUT2D eigenvalue weighted by molar-refractivity contribution is 0.336. The summed E-state index contributed by atoms with van der Waals surface area (Å²) in [7, 11) is 5.24. The first-order valence-electron chi connectivity index (χ1n) is 9.19. The van der Waals surface area contributed by atoms with Gasteiger partial charge in [0.2, 0.25) is 0 Å². The first-order chi connectivity index (χ1) is 13.5. The molecule has 0 aliphatic rings. The van der Waals surface area contributed by atoms with Crippen LogP contribution < -0.4 is 20.5 Å². The number of rotatable bonds is 10. The van der Waals surface area contributed by atoms with E-state index in [1.807, 2.05) is 25.2 Å². The summed E-state index contributed by atoms with van der Waals surface area (Å²) in [6, 6.07) is 12.4. The monoisotopic (exact) mass is 388 g/mol. The number of halogens is 1. The maximum atomic E-state index is 12.9. The molecular weight excluding hydrogens is 359 g/mol. The molecule has 0 fully saturated rings. The molecular formula is C21H29FN4O2. The highest BCUT2D eigenvalue weighted by Gasteiger charge is 2.05. The van der Waals surface area contributed by atoms with Crippen LogP contribution in [-0.4, -0.2) is 51.8 Å². The Balaban J connectivity index is 1.70. The number of likely N-dealkylation sites (N-methyl/N-ethyl adjacent to an activating group) is 1. The minimum absolute atomic E-state index is 0.220. The molecule has 28 heavy (non-hydrogen) atoms.